The van der Waals surface area contributed by atoms with Crippen LogP contribution in [0, 0.1) is 5.41 Å². The highest BCUT2D eigenvalue weighted by atomic mass is 16.5. The minimum absolute atomic E-state index is 0.0612. The number of rotatable bonds is 3. The van der Waals surface area contributed by atoms with Gasteiger partial charge in [-0.2, -0.15) is 0 Å². The van der Waals surface area contributed by atoms with Crippen LogP contribution < -0.4 is 5.32 Å². The summed E-state index contributed by atoms with van der Waals surface area (Å²) in [6.07, 6.45) is 4.99. The molecule has 3 saturated heterocycles. The van der Waals surface area contributed by atoms with Gasteiger partial charge in [-0.05, 0) is 24.8 Å². The number of hydrogen-bond donors (Lipinski definition) is 2. The van der Waals surface area contributed by atoms with Crippen molar-refractivity contribution in [1.82, 2.24) is 20.0 Å². The predicted octanol–water partition coefficient (Wildman–Crippen LogP) is 2.08. The zero-order valence-electron chi connectivity index (χ0n) is 19.2. The monoisotopic (exact) mass is 442 g/mol. The summed E-state index contributed by atoms with van der Waals surface area (Å²) in [6, 6.07) is 10.6. The number of aliphatic hydroxyl groups is 1. The number of carbonyl (C=O) groups excluding carboxylic acids is 1. The average molecular weight is 443 g/mol. The molecule has 5 rings (SSSR count). The third kappa shape index (κ3) is 4.16. The van der Waals surface area contributed by atoms with Crippen molar-refractivity contribution in [3.63, 3.8) is 0 Å². The van der Waals surface area contributed by atoms with Gasteiger partial charge in [-0.3, -0.25) is 4.90 Å². The Kier molecular flexibility index (Phi) is 6.43. The number of ether oxygens (including phenoxy) is 1. The summed E-state index contributed by atoms with van der Waals surface area (Å²) < 4.78 is 5.51. The number of piperazine rings is 1. The molecule has 3 aliphatic heterocycles. The number of piperidine rings is 1. The van der Waals surface area contributed by atoms with E-state index >= 15 is 0 Å². The molecule has 4 fully saturated rings. The topological polar surface area (TPSA) is 68.3 Å². The van der Waals surface area contributed by atoms with Crippen LogP contribution in [0.25, 0.3) is 0 Å². The number of nitrogens with zero attached hydrogens (tertiary/aromatic N) is 3. The van der Waals surface area contributed by atoms with Gasteiger partial charge in [0.15, 0.2) is 0 Å². The molecule has 2 amide bonds. The van der Waals surface area contributed by atoms with Gasteiger partial charge < -0.3 is 25.0 Å². The van der Waals surface area contributed by atoms with Crippen LogP contribution in [0.4, 0.5) is 4.79 Å². The first-order chi connectivity index (χ1) is 15.6. The fraction of sp³-hybridized carbons (Fsp3) is 0.720. The Morgan fingerprint density at radius 3 is 2.56 bits per heavy atom. The number of β-amino-alcohol motifs (C(OH)–C–C–N with tert-alkyl or cyclic N) is 1. The number of carbonyl (C=O) groups is 1. The Labute approximate surface area is 191 Å². The molecule has 2 N–H and O–H groups in total. The van der Waals surface area contributed by atoms with Gasteiger partial charge in [0.2, 0.25) is 0 Å². The quantitative estimate of drug-likeness (QED) is 0.750. The lowest BCUT2D eigenvalue weighted by molar-refractivity contribution is -0.146. The number of nitrogens with one attached hydrogen (secondary N) is 1. The fourth-order valence-corrected chi connectivity index (χ4v) is 6.48. The second kappa shape index (κ2) is 9.29. The average Bonchev–Trinajstić information content (AvgIpc) is 3.32. The van der Waals surface area contributed by atoms with Crippen molar-refractivity contribution in [3.8, 4) is 0 Å². The molecule has 2 atom stereocenters. The fourth-order valence-electron chi connectivity index (χ4n) is 6.48. The third-order valence-corrected chi connectivity index (χ3v) is 8.37. The minimum Gasteiger partial charge on any atom is -0.388 e. The molecule has 0 bridgehead atoms. The highest BCUT2D eigenvalue weighted by molar-refractivity contribution is 5.75. The Hall–Kier alpha value is -1.67. The molecule has 0 aromatic heterocycles. The zero-order chi connectivity index (χ0) is 22.0. The first-order valence-electron chi connectivity index (χ1n) is 12.4. The van der Waals surface area contributed by atoms with Crippen LogP contribution in [-0.4, -0.2) is 97.0 Å². The van der Waals surface area contributed by atoms with E-state index < -0.39 is 5.60 Å². The molecule has 1 aromatic carbocycles. The van der Waals surface area contributed by atoms with E-state index in [1.165, 1.54) is 5.56 Å². The van der Waals surface area contributed by atoms with Crippen LogP contribution in [0.5, 0.6) is 0 Å². The molecule has 1 aliphatic carbocycles. The summed E-state index contributed by atoms with van der Waals surface area (Å²) in [5.74, 6) is 0. The Morgan fingerprint density at radius 2 is 1.81 bits per heavy atom. The molecule has 3 heterocycles. The first-order valence-corrected chi connectivity index (χ1v) is 12.4. The van der Waals surface area contributed by atoms with E-state index in [4.69, 9.17) is 4.74 Å². The van der Waals surface area contributed by atoms with Gasteiger partial charge >= 0.3 is 6.03 Å². The predicted molar refractivity (Wildman–Crippen MR) is 123 cm³/mol. The number of hydrogen-bond acceptors (Lipinski definition) is 5. The highest BCUT2D eigenvalue weighted by Crippen LogP contribution is 2.51. The van der Waals surface area contributed by atoms with E-state index in [9.17, 15) is 9.90 Å². The van der Waals surface area contributed by atoms with Crippen molar-refractivity contribution in [1.29, 1.82) is 0 Å². The Balaban J connectivity index is 1.33. The van der Waals surface area contributed by atoms with Crippen molar-refractivity contribution in [3.05, 3.63) is 35.9 Å². The van der Waals surface area contributed by atoms with Gasteiger partial charge in [-0.1, -0.05) is 43.2 Å². The summed E-state index contributed by atoms with van der Waals surface area (Å²) in [6.45, 7) is 7.63. The van der Waals surface area contributed by atoms with Crippen LogP contribution in [0.1, 0.15) is 43.7 Å². The molecule has 0 radical (unpaired) electrons. The third-order valence-electron chi connectivity index (χ3n) is 8.37. The molecule has 7 heteroatoms. The second-order valence-electron chi connectivity index (χ2n) is 10.2. The lowest BCUT2D eigenvalue weighted by atomic mass is 9.65. The van der Waals surface area contributed by atoms with E-state index in [0.29, 0.717) is 26.1 Å². The summed E-state index contributed by atoms with van der Waals surface area (Å²) in [4.78, 5) is 20.3. The lowest BCUT2D eigenvalue weighted by Crippen LogP contribution is -2.66. The molecule has 4 aliphatic rings. The number of likely N-dealkylation sites (tertiary alicyclic amines) is 1. The van der Waals surface area contributed by atoms with E-state index in [0.717, 1.165) is 71.6 Å². The first kappa shape index (κ1) is 22.1. The molecule has 7 nitrogen and oxygen atoms in total. The standard InChI is InChI=1S/C25H38N4O3/c30-23(29-13-11-26-18-22(29)21-6-2-1-3-7-21)28-12-10-25(31,20-27-14-16-32-17-15-27)24(19-28)8-4-5-9-24/h1-3,6-7,22,26,31H,4-5,8-20H2/t22-,25?/m0/s1. The van der Waals surface area contributed by atoms with Crippen LogP contribution in [0.2, 0.25) is 0 Å². The Morgan fingerprint density at radius 1 is 1.06 bits per heavy atom. The van der Waals surface area contributed by atoms with Gasteiger partial charge in [0.05, 0.1) is 24.9 Å². The Bertz CT molecular complexity index is 779. The number of morpholine rings is 1. The summed E-state index contributed by atoms with van der Waals surface area (Å²) in [5.41, 5.74) is 0.277. The maximum Gasteiger partial charge on any atom is 0.320 e. The van der Waals surface area contributed by atoms with Gasteiger partial charge in [-0.15, -0.1) is 0 Å². The van der Waals surface area contributed by atoms with Crippen molar-refractivity contribution in [2.75, 3.05) is 65.6 Å². The number of benzene rings is 1. The summed E-state index contributed by atoms with van der Waals surface area (Å²) in [7, 11) is 0. The zero-order valence-corrected chi connectivity index (χ0v) is 19.2. The van der Waals surface area contributed by atoms with E-state index in [1.807, 2.05) is 18.2 Å². The van der Waals surface area contributed by atoms with E-state index in [2.05, 4.69) is 32.1 Å². The SMILES string of the molecule is O=C(N1CCC(O)(CN2CCOCC2)C2(CCCC2)C1)N1CCNC[C@H]1c1ccccc1. The van der Waals surface area contributed by atoms with Crippen molar-refractivity contribution < 1.29 is 14.6 Å². The molecule has 32 heavy (non-hydrogen) atoms. The van der Waals surface area contributed by atoms with Crippen LogP contribution in [0.15, 0.2) is 30.3 Å². The molecule has 1 saturated carbocycles. The molecular formula is C25H38N4O3. The van der Waals surface area contributed by atoms with Crippen LogP contribution in [0.3, 0.4) is 0 Å². The maximum atomic E-state index is 13.8. The molecule has 1 spiro atoms. The summed E-state index contributed by atoms with van der Waals surface area (Å²) in [5, 5.41) is 15.4. The highest BCUT2D eigenvalue weighted by Gasteiger charge is 2.56. The maximum absolute atomic E-state index is 13.8. The molecular weight excluding hydrogens is 404 g/mol. The molecule has 176 valence electrons. The minimum atomic E-state index is -0.722. The van der Waals surface area contributed by atoms with Gasteiger partial charge in [0, 0.05) is 57.8 Å². The van der Waals surface area contributed by atoms with Crippen molar-refractivity contribution in [2.45, 2.75) is 43.7 Å². The van der Waals surface area contributed by atoms with Gasteiger partial charge in [0.25, 0.3) is 0 Å². The van der Waals surface area contributed by atoms with Gasteiger partial charge in [-0.25, -0.2) is 4.79 Å². The van der Waals surface area contributed by atoms with Crippen molar-refractivity contribution in [2.24, 2.45) is 5.41 Å². The summed E-state index contributed by atoms with van der Waals surface area (Å²) >= 11 is 0. The lowest BCUT2D eigenvalue weighted by Gasteiger charge is -2.54. The molecule has 1 aromatic rings. The smallest absolute Gasteiger partial charge is 0.320 e. The normalized spacial score (nSPS) is 31.2. The largest absolute Gasteiger partial charge is 0.388 e. The van der Waals surface area contributed by atoms with Crippen LogP contribution >= 0.6 is 0 Å². The van der Waals surface area contributed by atoms with E-state index in [-0.39, 0.29) is 17.5 Å². The van der Waals surface area contributed by atoms with Crippen LogP contribution in [-0.2, 0) is 4.74 Å². The number of urea groups is 1. The van der Waals surface area contributed by atoms with E-state index in [1.54, 1.807) is 0 Å². The van der Waals surface area contributed by atoms with Gasteiger partial charge in [0.1, 0.15) is 0 Å². The second-order valence-corrected chi connectivity index (χ2v) is 10.2. The molecule has 1 unspecified atom stereocenters. The van der Waals surface area contributed by atoms with Crippen molar-refractivity contribution >= 4 is 6.03 Å². The number of amides is 2.